The third-order valence-corrected chi connectivity index (χ3v) is 1.37. The molecule has 0 radical (unpaired) electrons. The molecule has 5 heteroatoms. The number of methoxy groups -OCH3 is 1. The van der Waals surface area contributed by atoms with E-state index in [1.807, 2.05) is 0 Å². The van der Waals surface area contributed by atoms with Crippen molar-refractivity contribution >= 4 is 10.1 Å². The first-order chi connectivity index (χ1) is 4.12. The van der Waals surface area contributed by atoms with E-state index in [0.29, 0.717) is 5.41 Å². The first kappa shape index (κ1) is 8.61. The summed E-state index contributed by atoms with van der Waals surface area (Å²) in [5, 5.41) is 0.714. The lowest BCUT2D eigenvalue weighted by Crippen LogP contribution is -2.03. The minimum atomic E-state index is -3.54. The molecule has 0 aromatic rings. The Kier molecular flexibility index (Phi) is 3.44. The molecule has 0 spiro atoms. The molecule has 4 nitrogen and oxygen atoms in total. The molecule has 0 saturated heterocycles. The zero-order chi connectivity index (χ0) is 7.33. The molecule has 0 saturated carbocycles. The molecule has 0 fully saturated rings. The lowest BCUT2D eigenvalue weighted by atomic mass is 11.3. The van der Waals surface area contributed by atoms with E-state index >= 15 is 0 Å². The van der Waals surface area contributed by atoms with Crippen molar-refractivity contribution in [2.75, 3.05) is 13.9 Å². The maximum Gasteiger partial charge on any atom is 0.291 e. The normalized spacial score (nSPS) is 11.2. The van der Waals surface area contributed by atoms with Crippen molar-refractivity contribution in [2.45, 2.75) is 0 Å². The minimum absolute atomic E-state index is 0.269. The second kappa shape index (κ2) is 3.60. The average Bonchev–Trinajstić information content (AvgIpc) is 1.84. The molecule has 0 aliphatic rings. The van der Waals surface area contributed by atoms with Crippen LogP contribution in [0.3, 0.4) is 0 Å². The van der Waals surface area contributed by atoms with Crippen molar-refractivity contribution in [3.63, 3.8) is 0 Å². The first-order valence-corrected chi connectivity index (χ1v) is 3.60. The van der Waals surface area contributed by atoms with Crippen LogP contribution >= 0.6 is 0 Å². The Hall–Kier alpha value is -0.390. The zero-order valence-electron chi connectivity index (χ0n) is 5.03. The van der Waals surface area contributed by atoms with Gasteiger partial charge >= 0.3 is 0 Å². The van der Waals surface area contributed by atoms with E-state index in [0.717, 1.165) is 0 Å². The van der Waals surface area contributed by atoms with Crippen LogP contribution in [0.1, 0.15) is 0 Å². The van der Waals surface area contributed by atoms with Gasteiger partial charge in [0.1, 0.15) is 0 Å². The Morgan fingerprint density at radius 1 is 1.67 bits per heavy atom. The minimum Gasteiger partial charge on any atom is -0.357 e. The van der Waals surface area contributed by atoms with Gasteiger partial charge in [0.25, 0.3) is 10.1 Å². The van der Waals surface area contributed by atoms with E-state index in [2.05, 4.69) is 15.5 Å². The van der Waals surface area contributed by atoms with Gasteiger partial charge in [-0.1, -0.05) is 6.58 Å². The first-order valence-electron chi connectivity index (χ1n) is 2.13. The lowest BCUT2D eigenvalue weighted by Gasteiger charge is -1.96. The number of rotatable bonds is 4. The van der Waals surface area contributed by atoms with Gasteiger partial charge in [-0.25, -0.2) is 4.18 Å². The predicted molar refractivity (Wildman–Crippen MR) is 32.1 cm³/mol. The molecule has 0 aliphatic carbocycles. The molecule has 0 unspecified atom stereocenters. The highest BCUT2D eigenvalue weighted by atomic mass is 32.2. The molecule has 0 N–H and O–H groups in total. The van der Waals surface area contributed by atoms with Gasteiger partial charge in [0.15, 0.2) is 6.79 Å². The van der Waals surface area contributed by atoms with Crippen LogP contribution in [0.25, 0.3) is 0 Å². The second-order valence-electron chi connectivity index (χ2n) is 1.18. The Labute approximate surface area is 54.2 Å². The summed E-state index contributed by atoms with van der Waals surface area (Å²) in [4.78, 5) is 0. The van der Waals surface area contributed by atoms with Crippen LogP contribution in [0.15, 0.2) is 12.0 Å². The van der Waals surface area contributed by atoms with Crippen LogP contribution in [-0.2, 0) is 19.0 Å². The van der Waals surface area contributed by atoms with Crippen LogP contribution in [0.2, 0.25) is 0 Å². The standard InChI is InChI=1S/C4H8O4S/c1-3-9(5,6)8-4-7-2/h3H,1,4H2,2H3. The van der Waals surface area contributed by atoms with E-state index in [1.165, 1.54) is 7.11 Å². The van der Waals surface area contributed by atoms with Crippen molar-refractivity contribution in [3.05, 3.63) is 12.0 Å². The largest absolute Gasteiger partial charge is 0.357 e. The van der Waals surface area contributed by atoms with Crippen LogP contribution in [0.5, 0.6) is 0 Å². The van der Waals surface area contributed by atoms with Gasteiger partial charge < -0.3 is 4.74 Å². The van der Waals surface area contributed by atoms with Gasteiger partial charge in [0.2, 0.25) is 0 Å². The van der Waals surface area contributed by atoms with Crippen LogP contribution in [-0.4, -0.2) is 22.3 Å². The Morgan fingerprint density at radius 2 is 2.22 bits per heavy atom. The van der Waals surface area contributed by atoms with Crippen LogP contribution in [0, 0.1) is 0 Å². The van der Waals surface area contributed by atoms with Crippen molar-refractivity contribution < 1.29 is 17.3 Å². The molecule has 0 amide bonds. The molecule has 0 bridgehead atoms. The average molecular weight is 152 g/mol. The summed E-state index contributed by atoms with van der Waals surface area (Å²) in [6, 6.07) is 0. The van der Waals surface area contributed by atoms with Crippen molar-refractivity contribution in [1.29, 1.82) is 0 Å². The fraction of sp³-hybridized carbons (Fsp3) is 0.500. The van der Waals surface area contributed by atoms with Crippen molar-refractivity contribution in [3.8, 4) is 0 Å². The van der Waals surface area contributed by atoms with E-state index in [1.54, 1.807) is 0 Å². The maximum absolute atomic E-state index is 10.3. The van der Waals surface area contributed by atoms with Crippen LogP contribution < -0.4 is 0 Å². The second-order valence-corrected chi connectivity index (χ2v) is 2.74. The zero-order valence-corrected chi connectivity index (χ0v) is 5.85. The molecule has 54 valence electrons. The SMILES string of the molecule is C=CS(=O)(=O)OCOC. The summed E-state index contributed by atoms with van der Waals surface area (Å²) in [5.74, 6) is 0. The molecular formula is C4H8O4S. The Bertz CT molecular complexity index is 169. The maximum atomic E-state index is 10.3. The Morgan fingerprint density at radius 3 is 2.56 bits per heavy atom. The van der Waals surface area contributed by atoms with Crippen molar-refractivity contribution in [1.82, 2.24) is 0 Å². The molecule has 0 aromatic carbocycles. The molecule has 0 aromatic heterocycles. The summed E-state index contributed by atoms with van der Waals surface area (Å²) >= 11 is 0. The highest BCUT2D eigenvalue weighted by Crippen LogP contribution is 1.91. The summed E-state index contributed by atoms with van der Waals surface area (Å²) in [5.41, 5.74) is 0. The van der Waals surface area contributed by atoms with E-state index in [9.17, 15) is 8.42 Å². The monoisotopic (exact) mass is 152 g/mol. The van der Waals surface area contributed by atoms with Gasteiger partial charge in [-0.3, -0.25) is 0 Å². The number of ether oxygens (including phenoxy) is 1. The van der Waals surface area contributed by atoms with Crippen LogP contribution in [0.4, 0.5) is 0 Å². The summed E-state index contributed by atoms with van der Waals surface area (Å²) in [6.45, 7) is 2.75. The van der Waals surface area contributed by atoms with Gasteiger partial charge in [-0.15, -0.1) is 0 Å². The third-order valence-electron chi connectivity index (χ3n) is 0.534. The van der Waals surface area contributed by atoms with E-state index in [4.69, 9.17) is 0 Å². The van der Waals surface area contributed by atoms with Gasteiger partial charge in [-0.05, 0) is 0 Å². The summed E-state index contributed by atoms with van der Waals surface area (Å²) in [7, 11) is -2.21. The summed E-state index contributed by atoms with van der Waals surface area (Å²) < 4.78 is 29.2. The molecule has 9 heavy (non-hydrogen) atoms. The van der Waals surface area contributed by atoms with Gasteiger partial charge in [0, 0.05) is 7.11 Å². The molecule has 0 rings (SSSR count). The fourth-order valence-electron chi connectivity index (χ4n) is 0.163. The quantitative estimate of drug-likeness (QED) is 0.423. The molecule has 0 atom stereocenters. The molecular weight excluding hydrogens is 144 g/mol. The van der Waals surface area contributed by atoms with E-state index in [-0.39, 0.29) is 6.79 Å². The predicted octanol–water partition coefficient (Wildman–Crippen LogP) is 0.0802. The topological polar surface area (TPSA) is 52.6 Å². The van der Waals surface area contributed by atoms with Gasteiger partial charge in [0.05, 0.1) is 5.41 Å². The third kappa shape index (κ3) is 4.14. The van der Waals surface area contributed by atoms with Crippen molar-refractivity contribution in [2.24, 2.45) is 0 Å². The highest BCUT2D eigenvalue weighted by molar-refractivity contribution is 7.89. The van der Waals surface area contributed by atoms with E-state index < -0.39 is 10.1 Å². The van der Waals surface area contributed by atoms with Gasteiger partial charge in [-0.2, -0.15) is 8.42 Å². The Balaban J connectivity index is 3.75. The molecule has 0 heterocycles. The number of hydrogen-bond acceptors (Lipinski definition) is 4. The summed E-state index contributed by atoms with van der Waals surface area (Å²) in [6.07, 6.45) is 0. The lowest BCUT2D eigenvalue weighted by molar-refractivity contribution is 0.0574. The molecule has 0 aliphatic heterocycles. The highest BCUT2D eigenvalue weighted by Gasteiger charge is 2.01. The smallest absolute Gasteiger partial charge is 0.291 e. The fourth-order valence-corrected chi connectivity index (χ4v) is 0.490. The number of hydrogen-bond donors (Lipinski definition) is 0.